The Hall–Kier alpha value is -8.40. The van der Waals surface area contributed by atoms with Gasteiger partial charge in [0.15, 0.2) is 0 Å². The second-order valence-electron chi connectivity index (χ2n) is 20.2. The summed E-state index contributed by atoms with van der Waals surface area (Å²) in [6.45, 7) is 6.92. The third kappa shape index (κ3) is 4.87. The Morgan fingerprint density at radius 2 is 0.942 bits per heavy atom. The van der Waals surface area contributed by atoms with Gasteiger partial charge in [-0.25, -0.2) is 0 Å². The van der Waals surface area contributed by atoms with Crippen molar-refractivity contribution in [2.75, 3.05) is 0 Å². The number of aryl methyl sites for hydroxylation is 1. The molecule has 2 aliphatic heterocycles. The Kier molecular flexibility index (Phi) is 7.31. The molecule has 0 saturated heterocycles. The number of hydrogen-bond acceptors (Lipinski definition) is 0. The van der Waals surface area contributed by atoms with Crippen molar-refractivity contribution in [1.29, 1.82) is 0 Å². The van der Waals surface area contributed by atoms with Gasteiger partial charge in [-0.15, -0.1) is 0 Å². The first kappa shape index (κ1) is 37.7. The van der Waals surface area contributed by atoms with Crippen molar-refractivity contribution in [3.8, 4) is 33.6 Å². The van der Waals surface area contributed by atoms with E-state index < -0.39 is 0 Å². The van der Waals surface area contributed by atoms with Gasteiger partial charge in [-0.2, -0.15) is 0 Å². The molecule has 16 rings (SSSR count). The fourth-order valence-electron chi connectivity index (χ4n) is 13.3. The summed E-state index contributed by atoms with van der Waals surface area (Å²) in [6.07, 6.45) is 0. The second-order valence-corrected chi connectivity index (χ2v) is 20.2. The summed E-state index contributed by atoms with van der Waals surface area (Å²) < 4.78 is 5.32. The van der Waals surface area contributed by atoms with E-state index in [0.29, 0.717) is 5.92 Å². The van der Waals surface area contributed by atoms with Gasteiger partial charge in [0.05, 0.1) is 16.6 Å². The van der Waals surface area contributed by atoms with Crippen molar-refractivity contribution in [2.45, 2.75) is 26.7 Å². The number of nitrogens with zero attached hydrogens (tertiary/aromatic N) is 2. The minimum atomic E-state index is -0.0270. The lowest BCUT2D eigenvalue weighted by atomic mass is 9.34. The van der Waals surface area contributed by atoms with E-state index in [1.165, 1.54) is 159 Å². The Bertz CT molecular complexity index is 4650. The molecule has 2 aliphatic rings. The molecule has 12 aromatic carbocycles. The zero-order valence-corrected chi connectivity index (χ0v) is 38.6. The molecule has 0 atom stereocenters. The van der Waals surface area contributed by atoms with Crippen LogP contribution in [0.15, 0.2) is 200 Å². The Morgan fingerprint density at radius 3 is 1.64 bits per heavy atom. The van der Waals surface area contributed by atoms with Crippen LogP contribution in [-0.4, -0.2) is 15.8 Å². The van der Waals surface area contributed by atoms with Gasteiger partial charge >= 0.3 is 0 Å². The first-order valence-corrected chi connectivity index (χ1v) is 24.6. The second kappa shape index (κ2) is 13.4. The van der Waals surface area contributed by atoms with E-state index in [1.807, 2.05) is 0 Å². The van der Waals surface area contributed by atoms with Crippen molar-refractivity contribution >= 4 is 121 Å². The molecule has 320 valence electrons. The zero-order valence-electron chi connectivity index (χ0n) is 38.6. The Balaban J connectivity index is 1.12. The minimum Gasteiger partial charge on any atom is -0.310 e. The van der Waals surface area contributed by atoms with Crippen LogP contribution in [0.25, 0.3) is 131 Å². The first-order chi connectivity index (χ1) is 34.0. The predicted molar refractivity (Wildman–Crippen MR) is 297 cm³/mol. The molecule has 2 nitrogen and oxygen atoms in total. The fraction of sp³-hybridized carbons (Fsp3) is 0.0606. The van der Waals surface area contributed by atoms with E-state index in [9.17, 15) is 0 Å². The van der Waals surface area contributed by atoms with Gasteiger partial charge in [0.2, 0.25) is 0 Å². The van der Waals surface area contributed by atoms with Crippen LogP contribution < -0.4 is 16.4 Å². The van der Waals surface area contributed by atoms with Gasteiger partial charge in [0, 0.05) is 43.8 Å². The molecule has 0 N–H and O–H groups in total. The summed E-state index contributed by atoms with van der Waals surface area (Å²) in [4.78, 5) is 0. The topological polar surface area (TPSA) is 9.86 Å². The van der Waals surface area contributed by atoms with Gasteiger partial charge < -0.3 is 9.13 Å². The number of rotatable bonds is 3. The maximum atomic E-state index is 2.68. The quantitative estimate of drug-likeness (QED) is 0.124. The maximum absolute atomic E-state index is 2.68. The molecule has 3 heteroatoms. The van der Waals surface area contributed by atoms with Crippen molar-refractivity contribution in [1.82, 2.24) is 9.13 Å². The highest BCUT2D eigenvalue weighted by atomic mass is 15.0. The largest absolute Gasteiger partial charge is 0.310 e. The van der Waals surface area contributed by atoms with Crippen LogP contribution in [0.3, 0.4) is 0 Å². The Labute approximate surface area is 399 Å². The molecular formula is C66H43BN2. The number of fused-ring (bicyclic) bond motifs is 19. The van der Waals surface area contributed by atoms with Gasteiger partial charge in [0.1, 0.15) is 0 Å². The SMILES string of the molecule is Cc1cc2c3c(c1)-n1c4cc(C(C)C)ccc4c4c5c6ccccc6c6ccccc6c5cc(c41)B3c1cc(-c3cccc4ccccc34)cc3c4cc(-c5cccc6ccccc56)ccc4n-2c13. The molecule has 0 spiro atoms. The molecule has 0 aliphatic carbocycles. The van der Waals surface area contributed by atoms with Gasteiger partial charge in [-0.05, 0) is 147 Å². The van der Waals surface area contributed by atoms with Gasteiger partial charge in [0.25, 0.3) is 6.71 Å². The molecule has 4 heterocycles. The minimum absolute atomic E-state index is 0.0270. The van der Waals surface area contributed by atoms with Crippen LogP contribution >= 0.6 is 0 Å². The summed E-state index contributed by atoms with van der Waals surface area (Å²) in [6, 6.07) is 76.7. The molecule has 0 bridgehead atoms. The lowest BCUT2D eigenvalue weighted by Gasteiger charge is -2.34. The van der Waals surface area contributed by atoms with E-state index >= 15 is 0 Å². The van der Waals surface area contributed by atoms with E-state index in [0.717, 1.165) is 0 Å². The maximum Gasteiger partial charge on any atom is 0.252 e. The molecule has 14 aromatic rings. The average Bonchev–Trinajstić information content (AvgIpc) is 3.91. The van der Waals surface area contributed by atoms with Crippen molar-refractivity contribution < 1.29 is 0 Å². The number of benzene rings is 12. The standard InChI is InChI=1S/C66H43BN2/c1-37(2)41-26-28-52-59(35-41)69-61-31-38(3)30-60-64(61)67(57-36-54-50-22-9-8-20-48(50)49-21-10-11-23-51(49)62(54)63(52)66(57)69)56-34-43(47-25-13-17-40-15-5-7-19-45(40)47)33-55-53-32-42(27-29-58(53)68(60)65(55)56)46-24-12-16-39-14-4-6-18-44(39)46/h4-37H,1-3H3. The summed E-state index contributed by atoms with van der Waals surface area (Å²) in [5.41, 5.74) is 19.5. The highest BCUT2D eigenvalue weighted by molar-refractivity contribution is 7.00. The normalized spacial score (nSPS) is 13.0. The molecule has 0 amide bonds. The predicted octanol–water partition coefficient (Wildman–Crippen LogP) is 15.6. The fourth-order valence-corrected chi connectivity index (χ4v) is 13.3. The molecule has 0 fully saturated rings. The van der Waals surface area contributed by atoms with Gasteiger partial charge in [-0.1, -0.05) is 178 Å². The number of aromatic nitrogens is 2. The van der Waals surface area contributed by atoms with Crippen LogP contribution in [0.1, 0.15) is 30.9 Å². The van der Waals surface area contributed by atoms with Crippen LogP contribution in [-0.2, 0) is 0 Å². The third-order valence-electron chi connectivity index (χ3n) is 16.2. The van der Waals surface area contributed by atoms with E-state index in [-0.39, 0.29) is 6.71 Å². The molecule has 0 radical (unpaired) electrons. The number of hydrogen-bond donors (Lipinski definition) is 0. The van der Waals surface area contributed by atoms with Crippen LogP contribution in [0.2, 0.25) is 0 Å². The van der Waals surface area contributed by atoms with E-state index in [1.54, 1.807) is 0 Å². The highest BCUT2D eigenvalue weighted by Crippen LogP contribution is 2.47. The summed E-state index contributed by atoms with van der Waals surface area (Å²) in [5.74, 6) is 0.390. The lowest BCUT2D eigenvalue weighted by molar-refractivity contribution is 0.868. The molecule has 0 saturated carbocycles. The van der Waals surface area contributed by atoms with Crippen molar-refractivity contribution in [2.24, 2.45) is 0 Å². The smallest absolute Gasteiger partial charge is 0.252 e. The summed E-state index contributed by atoms with van der Waals surface area (Å²) >= 11 is 0. The molecular weight excluding hydrogens is 832 g/mol. The third-order valence-corrected chi connectivity index (χ3v) is 16.2. The van der Waals surface area contributed by atoms with Crippen molar-refractivity contribution in [3.63, 3.8) is 0 Å². The first-order valence-electron chi connectivity index (χ1n) is 24.6. The average molecular weight is 875 g/mol. The van der Waals surface area contributed by atoms with Crippen LogP contribution in [0.5, 0.6) is 0 Å². The zero-order chi connectivity index (χ0) is 45.4. The lowest BCUT2D eigenvalue weighted by Crippen LogP contribution is -2.59. The van der Waals surface area contributed by atoms with E-state index in [4.69, 9.17) is 0 Å². The summed E-state index contributed by atoms with van der Waals surface area (Å²) in [7, 11) is 0. The van der Waals surface area contributed by atoms with Gasteiger partial charge in [-0.3, -0.25) is 0 Å². The highest BCUT2D eigenvalue weighted by Gasteiger charge is 2.42. The molecule has 69 heavy (non-hydrogen) atoms. The summed E-state index contributed by atoms with van der Waals surface area (Å²) in [5, 5.41) is 18.2. The monoisotopic (exact) mass is 874 g/mol. The van der Waals surface area contributed by atoms with Crippen LogP contribution in [0, 0.1) is 6.92 Å². The van der Waals surface area contributed by atoms with Crippen molar-refractivity contribution in [3.05, 3.63) is 211 Å². The Morgan fingerprint density at radius 1 is 0.377 bits per heavy atom. The van der Waals surface area contributed by atoms with Crippen LogP contribution in [0.4, 0.5) is 0 Å². The molecule has 0 unspecified atom stereocenters. The molecule has 2 aromatic heterocycles. The van der Waals surface area contributed by atoms with E-state index in [2.05, 4.69) is 230 Å².